The molecule has 0 atom stereocenters. The van der Waals surface area contributed by atoms with Gasteiger partial charge in [-0.2, -0.15) is 8.42 Å². The molecule has 21 heavy (non-hydrogen) atoms. The van der Waals surface area contributed by atoms with Crippen molar-refractivity contribution in [2.24, 2.45) is 12.8 Å². The average Bonchev–Trinajstić information content (AvgIpc) is 2.69. The highest BCUT2D eigenvalue weighted by Gasteiger charge is 2.21. The number of nitrogens with two attached hydrogens (primary N) is 1. The number of amidine groups is 1. The van der Waals surface area contributed by atoms with Crippen LogP contribution in [0.15, 0.2) is 29.4 Å². The normalized spacial score (nSPS) is 11.4. The van der Waals surface area contributed by atoms with Gasteiger partial charge in [0.25, 0.3) is 10.0 Å². The summed E-state index contributed by atoms with van der Waals surface area (Å²) in [6, 6.07) is 5.03. The van der Waals surface area contributed by atoms with Crippen LogP contribution in [-0.4, -0.2) is 23.8 Å². The fourth-order valence-corrected chi connectivity index (χ4v) is 3.08. The smallest absolute Gasteiger partial charge is 0.280 e. The molecular weight excluding hydrogens is 290 g/mol. The summed E-state index contributed by atoms with van der Waals surface area (Å²) in [5.74, 6) is 0.398. The van der Waals surface area contributed by atoms with E-state index in [-0.39, 0.29) is 16.5 Å². The molecule has 7 nitrogen and oxygen atoms in total. The Kier molecular flexibility index (Phi) is 3.73. The number of hydrogen-bond acceptors (Lipinski definition) is 4. The summed E-state index contributed by atoms with van der Waals surface area (Å²) in [5.41, 5.74) is 6.89. The molecular formula is C13H17N5O2S. The number of nitrogens with zero attached hydrogens (tertiary/aromatic N) is 2. The first-order valence-corrected chi connectivity index (χ1v) is 7.67. The number of aryl methyl sites for hydroxylation is 3. The van der Waals surface area contributed by atoms with E-state index in [4.69, 9.17) is 11.1 Å². The highest BCUT2D eigenvalue weighted by Crippen LogP contribution is 2.22. The summed E-state index contributed by atoms with van der Waals surface area (Å²) in [5, 5.41) is 7.52. The van der Waals surface area contributed by atoms with Crippen molar-refractivity contribution in [3.05, 3.63) is 41.3 Å². The first-order valence-electron chi connectivity index (χ1n) is 6.19. The van der Waals surface area contributed by atoms with Crippen molar-refractivity contribution in [2.45, 2.75) is 18.9 Å². The van der Waals surface area contributed by atoms with Crippen LogP contribution in [0.3, 0.4) is 0 Å². The molecule has 2 aromatic rings. The van der Waals surface area contributed by atoms with Gasteiger partial charge in [0, 0.05) is 18.8 Å². The number of hydrogen-bond donors (Lipinski definition) is 3. The molecule has 0 aliphatic carbocycles. The summed E-state index contributed by atoms with van der Waals surface area (Å²) in [4.78, 5) is 4.00. The Hall–Kier alpha value is -2.35. The van der Waals surface area contributed by atoms with Crippen molar-refractivity contribution in [3.8, 4) is 0 Å². The van der Waals surface area contributed by atoms with Crippen LogP contribution < -0.4 is 10.5 Å². The van der Waals surface area contributed by atoms with Gasteiger partial charge in [-0.15, -0.1) is 0 Å². The molecule has 1 heterocycles. The molecule has 112 valence electrons. The SMILES string of the molecule is Cc1cccc(NS(=O)(=O)c2cn(C)c(C)n2)c1C(=N)N. The van der Waals surface area contributed by atoms with Crippen LogP contribution in [0.2, 0.25) is 0 Å². The molecule has 1 aromatic heterocycles. The molecule has 4 N–H and O–H groups in total. The Bertz CT molecular complexity index is 788. The minimum atomic E-state index is -3.82. The van der Waals surface area contributed by atoms with Crippen LogP contribution in [0.1, 0.15) is 17.0 Å². The van der Waals surface area contributed by atoms with Gasteiger partial charge in [0.15, 0.2) is 5.03 Å². The van der Waals surface area contributed by atoms with Gasteiger partial charge in [-0.25, -0.2) is 4.98 Å². The summed E-state index contributed by atoms with van der Waals surface area (Å²) >= 11 is 0. The average molecular weight is 307 g/mol. The number of sulfonamides is 1. The third kappa shape index (κ3) is 2.89. The Balaban J connectivity index is 2.47. The monoisotopic (exact) mass is 307 g/mol. The Labute approximate surface area is 123 Å². The molecule has 0 bridgehead atoms. The standard InChI is InChI=1S/C13H17N5O2S/c1-8-5-4-6-10(12(8)13(14)15)17-21(19,20)11-7-18(3)9(2)16-11/h4-7,17H,1-3H3,(H3,14,15). The van der Waals surface area contributed by atoms with Crippen LogP contribution >= 0.6 is 0 Å². The summed E-state index contributed by atoms with van der Waals surface area (Å²) in [6.07, 6.45) is 1.43. The number of imidazole rings is 1. The first kappa shape index (κ1) is 15.0. The fourth-order valence-electron chi connectivity index (χ4n) is 1.96. The van der Waals surface area contributed by atoms with Gasteiger partial charge in [0.05, 0.1) is 5.69 Å². The van der Waals surface area contributed by atoms with Crippen LogP contribution in [0.4, 0.5) is 5.69 Å². The van der Waals surface area contributed by atoms with Crippen LogP contribution in [0.5, 0.6) is 0 Å². The van der Waals surface area contributed by atoms with E-state index in [2.05, 4.69) is 9.71 Å². The van der Waals surface area contributed by atoms with Gasteiger partial charge in [0.2, 0.25) is 0 Å². The van der Waals surface area contributed by atoms with Gasteiger partial charge >= 0.3 is 0 Å². The van der Waals surface area contributed by atoms with Gasteiger partial charge < -0.3 is 10.3 Å². The fraction of sp³-hybridized carbons (Fsp3) is 0.231. The number of anilines is 1. The molecule has 0 aliphatic heterocycles. The predicted octanol–water partition coefficient (Wildman–Crippen LogP) is 1.12. The maximum Gasteiger partial charge on any atom is 0.280 e. The molecule has 0 unspecified atom stereocenters. The highest BCUT2D eigenvalue weighted by atomic mass is 32.2. The van der Waals surface area contributed by atoms with Crippen molar-refractivity contribution in [1.29, 1.82) is 5.41 Å². The summed E-state index contributed by atoms with van der Waals surface area (Å²) in [6.45, 7) is 3.48. The second-order valence-electron chi connectivity index (χ2n) is 4.75. The van der Waals surface area contributed by atoms with Gasteiger partial charge in [-0.3, -0.25) is 10.1 Å². The van der Waals surface area contributed by atoms with Crippen molar-refractivity contribution < 1.29 is 8.42 Å². The lowest BCUT2D eigenvalue weighted by atomic mass is 10.1. The van der Waals surface area contributed by atoms with Gasteiger partial charge in [0.1, 0.15) is 11.7 Å². The van der Waals surface area contributed by atoms with Crippen LogP contribution in [-0.2, 0) is 17.1 Å². The molecule has 1 aromatic carbocycles. The molecule has 0 fully saturated rings. The van der Waals surface area contributed by atoms with Crippen molar-refractivity contribution in [3.63, 3.8) is 0 Å². The maximum absolute atomic E-state index is 12.4. The van der Waals surface area contributed by atoms with E-state index in [0.29, 0.717) is 11.4 Å². The lowest BCUT2D eigenvalue weighted by Gasteiger charge is -2.12. The quantitative estimate of drug-likeness (QED) is 0.580. The number of nitrogens with one attached hydrogen (secondary N) is 2. The Morgan fingerprint density at radius 2 is 2.05 bits per heavy atom. The maximum atomic E-state index is 12.4. The summed E-state index contributed by atoms with van der Waals surface area (Å²) < 4.78 is 28.8. The van der Waals surface area contributed by atoms with E-state index in [9.17, 15) is 8.42 Å². The molecule has 8 heteroatoms. The molecule has 0 saturated carbocycles. The Morgan fingerprint density at radius 3 is 2.57 bits per heavy atom. The zero-order valence-corrected chi connectivity index (χ0v) is 12.8. The van der Waals surface area contributed by atoms with Gasteiger partial charge in [-0.1, -0.05) is 12.1 Å². The van der Waals surface area contributed by atoms with E-state index in [1.165, 1.54) is 6.20 Å². The number of nitrogen functional groups attached to an aromatic ring is 1. The minimum absolute atomic E-state index is 0.0708. The van der Waals surface area contributed by atoms with E-state index >= 15 is 0 Å². The highest BCUT2D eigenvalue weighted by molar-refractivity contribution is 7.92. The van der Waals surface area contributed by atoms with E-state index in [1.807, 2.05) is 0 Å². The topological polar surface area (TPSA) is 114 Å². The van der Waals surface area contributed by atoms with Crippen LogP contribution in [0.25, 0.3) is 0 Å². The molecule has 2 rings (SSSR count). The van der Waals surface area contributed by atoms with Crippen molar-refractivity contribution in [2.75, 3.05) is 4.72 Å². The lowest BCUT2D eigenvalue weighted by Crippen LogP contribution is -2.20. The summed E-state index contributed by atoms with van der Waals surface area (Å²) in [7, 11) is -2.10. The van der Waals surface area contributed by atoms with Crippen molar-refractivity contribution in [1.82, 2.24) is 9.55 Å². The van der Waals surface area contributed by atoms with E-state index < -0.39 is 10.0 Å². The second-order valence-corrected chi connectivity index (χ2v) is 6.38. The third-order valence-corrected chi connectivity index (χ3v) is 4.38. The molecule has 0 spiro atoms. The molecule has 0 amide bonds. The zero-order valence-electron chi connectivity index (χ0n) is 12.0. The van der Waals surface area contributed by atoms with Crippen LogP contribution in [0, 0.1) is 19.3 Å². The number of rotatable bonds is 4. The predicted molar refractivity (Wildman–Crippen MR) is 80.9 cm³/mol. The zero-order chi connectivity index (χ0) is 15.8. The van der Waals surface area contributed by atoms with Crippen molar-refractivity contribution >= 4 is 21.5 Å². The Morgan fingerprint density at radius 1 is 1.38 bits per heavy atom. The lowest BCUT2D eigenvalue weighted by molar-refractivity contribution is 0.598. The second kappa shape index (κ2) is 5.21. The first-order chi connectivity index (χ1) is 9.72. The largest absolute Gasteiger partial charge is 0.384 e. The molecule has 0 saturated heterocycles. The van der Waals surface area contributed by atoms with E-state index in [1.54, 1.807) is 43.7 Å². The molecule has 0 aliphatic rings. The molecule has 0 radical (unpaired) electrons. The van der Waals surface area contributed by atoms with E-state index in [0.717, 1.165) is 5.56 Å². The number of aromatic nitrogens is 2. The minimum Gasteiger partial charge on any atom is -0.384 e. The van der Waals surface area contributed by atoms with Gasteiger partial charge in [-0.05, 0) is 25.5 Å². The third-order valence-electron chi connectivity index (χ3n) is 3.15. The number of benzene rings is 1.